The summed E-state index contributed by atoms with van der Waals surface area (Å²) in [5.74, 6) is 0. The van der Waals surface area contributed by atoms with Gasteiger partial charge in [0.05, 0.1) is 12.7 Å². The topological polar surface area (TPSA) is 41.5 Å². The largest absolute Gasteiger partial charge is 0.389 e. The molecule has 0 bridgehead atoms. The standard InChI is InChI=1S/C14H29NO2/c1-3-5-6-7-8-9-11-17-13-14(16)12-15-10-4-2/h4,14-16H,2-3,5-13H2,1H3. The van der Waals surface area contributed by atoms with Crippen LogP contribution in [0.5, 0.6) is 0 Å². The number of ether oxygens (including phenoxy) is 1. The van der Waals surface area contributed by atoms with Crippen molar-refractivity contribution in [3.8, 4) is 0 Å². The Balaban J connectivity index is 3.08. The SMILES string of the molecule is C=CCNCC(O)COCCCCCCCC. The molecule has 0 heterocycles. The van der Waals surface area contributed by atoms with Crippen LogP contribution < -0.4 is 5.32 Å². The quantitative estimate of drug-likeness (QED) is 0.386. The first kappa shape index (κ1) is 16.6. The van der Waals surface area contributed by atoms with E-state index in [1.54, 1.807) is 6.08 Å². The molecular weight excluding hydrogens is 214 g/mol. The molecule has 0 aromatic carbocycles. The summed E-state index contributed by atoms with van der Waals surface area (Å²) in [6.07, 6.45) is 9.00. The molecular formula is C14H29NO2. The third kappa shape index (κ3) is 13.6. The van der Waals surface area contributed by atoms with Gasteiger partial charge in [0.25, 0.3) is 0 Å². The fourth-order valence-electron chi connectivity index (χ4n) is 1.61. The zero-order valence-corrected chi connectivity index (χ0v) is 11.3. The van der Waals surface area contributed by atoms with E-state index in [0.717, 1.165) is 19.6 Å². The Labute approximate surface area is 106 Å². The van der Waals surface area contributed by atoms with E-state index in [-0.39, 0.29) is 0 Å². The number of aliphatic hydroxyl groups excluding tert-OH is 1. The minimum absolute atomic E-state index is 0.407. The van der Waals surface area contributed by atoms with Crippen molar-refractivity contribution in [1.29, 1.82) is 0 Å². The fourth-order valence-corrected chi connectivity index (χ4v) is 1.61. The maximum Gasteiger partial charge on any atom is 0.0897 e. The molecule has 0 fully saturated rings. The van der Waals surface area contributed by atoms with Crippen LogP contribution in [0.2, 0.25) is 0 Å². The van der Waals surface area contributed by atoms with Gasteiger partial charge < -0.3 is 15.2 Å². The summed E-state index contributed by atoms with van der Waals surface area (Å²) < 4.78 is 5.42. The van der Waals surface area contributed by atoms with Crippen LogP contribution in [0.3, 0.4) is 0 Å². The molecule has 0 aliphatic heterocycles. The van der Waals surface area contributed by atoms with Gasteiger partial charge in [-0.15, -0.1) is 6.58 Å². The molecule has 2 N–H and O–H groups in total. The average Bonchev–Trinajstić information content (AvgIpc) is 2.33. The zero-order valence-electron chi connectivity index (χ0n) is 11.3. The van der Waals surface area contributed by atoms with Crippen molar-refractivity contribution < 1.29 is 9.84 Å². The van der Waals surface area contributed by atoms with Gasteiger partial charge in [-0.25, -0.2) is 0 Å². The van der Waals surface area contributed by atoms with Crippen LogP contribution in [0.15, 0.2) is 12.7 Å². The molecule has 0 rings (SSSR count). The number of hydrogen-bond donors (Lipinski definition) is 2. The molecule has 0 aliphatic rings. The van der Waals surface area contributed by atoms with Crippen LogP contribution in [0.4, 0.5) is 0 Å². The highest BCUT2D eigenvalue weighted by Crippen LogP contribution is 2.04. The van der Waals surface area contributed by atoms with Crippen molar-refractivity contribution in [3.63, 3.8) is 0 Å². The lowest BCUT2D eigenvalue weighted by atomic mass is 10.1. The van der Waals surface area contributed by atoms with Gasteiger partial charge in [-0.1, -0.05) is 45.1 Å². The van der Waals surface area contributed by atoms with Gasteiger partial charge in [0.1, 0.15) is 0 Å². The lowest BCUT2D eigenvalue weighted by Gasteiger charge is -2.11. The third-order valence-corrected chi connectivity index (χ3v) is 2.62. The summed E-state index contributed by atoms with van der Waals surface area (Å²) >= 11 is 0. The molecule has 1 unspecified atom stereocenters. The van der Waals surface area contributed by atoms with E-state index in [4.69, 9.17) is 4.74 Å². The maximum atomic E-state index is 9.53. The highest BCUT2D eigenvalue weighted by atomic mass is 16.5. The Morgan fingerprint density at radius 3 is 2.65 bits per heavy atom. The van der Waals surface area contributed by atoms with E-state index in [0.29, 0.717) is 13.2 Å². The molecule has 0 spiro atoms. The Bertz CT molecular complexity index is 162. The van der Waals surface area contributed by atoms with Gasteiger partial charge in [0.2, 0.25) is 0 Å². The Hall–Kier alpha value is -0.380. The molecule has 0 aliphatic carbocycles. The summed E-state index contributed by atoms with van der Waals surface area (Å²) in [6.45, 7) is 8.33. The van der Waals surface area contributed by atoms with E-state index in [9.17, 15) is 5.11 Å². The summed E-state index contributed by atoms with van der Waals surface area (Å²) in [5, 5.41) is 12.6. The first-order valence-electron chi connectivity index (χ1n) is 6.88. The van der Waals surface area contributed by atoms with Gasteiger partial charge in [-0.3, -0.25) is 0 Å². The smallest absolute Gasteiger partial charge is 0.0897 e. The Morgan fingerprint density at radius 2 is 1.94 bits per heavy atom. The van der Waals surface area contributed by atoms with E-state index < -0.39 is 6.10 Å². The normalized spacial score (nSPS) is 12.6. The Kier molecular flexibility index (Phi) is 13.4. The summed E-state index contributed by atoms with van der Waals surface area (Å²) in [5.41, 5.74) is 0. The second kappa shape index (κ2) is 13.7. The molecule has 1 atom stereocenters. The third-order valence-electron chi connectivity index (χ3n) is 2.62. The van der Waals surface area contributed by atoms with Crippen LogP contribution in [0, 0.1) is 0 Å². The molecule has 0 aromatic heterocycles. The number of nitrogens with one attached hydrogen (secondary N) is 1. The highest BCUT2D eigenvalue weighted by molar-refractivity contribution is 4.71. The van der Waals surface area contributed by atoms with E-state index >= 15 is 0 Å². The summed E-state index contributed by atoms with van der Waals surface area (Å²) in [4.78, 5) is 0. The summed E-state index contributed by atoms with van der Waals surface area (Å²) in [6, 6.07) is 0. The predicted octanol–water partition coefficient (Wildman–Crippen LogP) is 2.50. The van der Waals surface area contributed by atoms with Gasteiger partial charge in [-0.2, -0.15) is 0 Å². The minimum Gasteiger partial charge on any atom is -0.389 e. The van der Waals surface area contributed by atoms with Crippen molar-refractivity contribution in [2.75, 3.05) is 26.3 Å². The van der Waals surface area contributed by atoms with Crippen LogP contribution in [0.1, 0.15) is 45.4 Å². The summed E-state index contributed by atoms with van der Waals surface area (Å²) in [7, 11) is 0. The first-order chi connectivity index (χ1) is 8.31. The molecule has 17 heavy (non-hydrogen) atoms. The second-order valence-corrected chi connectivity index (χ2v) is 4.44. The van der Waals surface area contributed by atoms with Crippen molar-refractivity contribution in [1.82, 2.24) is 5.32 Å². The molecule has 0 aromatic rings. The van der Waals surface area contributed by atoms with Crippen LogP contribution in [0.25, 0.3) is 0 Å². The average molecular weight is 243 g/mol. The van der Waals surface area contributed by atoms with Crippen LogP contribution in [-0.4, -0.2) is 37.5 Å². The van der Waals surface area contributed by atoms with Gasteiger partial charge >= 0.3 is 0 Å². The van der Waals surface area contributed by atoms with Crippen LogP contribution in [-0.2, 0) is 4.74 Å². The molecule has 0 amide bonds. The van der Waals surface area contributed by atoms with Gasteiger partial charge in [-0.05, 0) is 6.42 Å². The van der Waals surface area contributed by atoms with Crippen LogP contribution >= 0.6 is 0 Å². The number of hydrogen-bond acceptors (Lipinski definition) is 3. The molecule has 0 saturated heterocycles. The zero-order chi connectivity index (χ0) is 12.8. The molecule has 3 nitrogen and oxygen atoms in total. The van der Waals surface area contributed by atoms with E-state index in [1.165, 1.54) is 32.1 Å². The monoisotopic (exact) mass is 243 g/mol. The Morgan fingerprint density at radius 1 is 1.24 bits per heavy atom. The van der Waals surface area contributed by atoms with E-state index in [2.05, 4.69) is 18.8 Å². The minimum atomic E-state index is -0.407. The second-order valence-electron chi connectivity index (χ2n) is 4.44. The van der Waals surface area contributed by atoms with Crippen molar-refractivity contribution in [2.24, 2.45) is 0 Å². The lowest BCUT2D eigenvalue weighted by Crippen LogP contribution is -2.30. The predicted molar refractivity (Wildman–Crippen MR) is 73.3 cm³/mol. The van der Waals surface area contributed by atoms with Crippen molar-refractivity contribution >= 4 is 0 Å². The number of aliphatic hydroxyl groups is 1. The lowest BCUT2D eigenvalue weighted by molar-refractivity contribution is 0.0359. The molecule has 3 heteroatoms. The van der Waals surface area contributed by atoms with Crippen molar-refractivity contribution in [3.05, 3.63) is 12.7 Å². The molecule has 0 saturated carbocycles. The number of rotatable bonds is 13. The fraction of sp³-hybridized carbons (Fsp3) is 0.857. The molecule has 0 radical (unpaired) electrons. The first-order valence-corrected chi connectivity index (χ1v) is 6.88. The van der Waals surface area contributed by atoms with Crippen molar-refractivity contribution in [2.45, 2.75) is 51.6 Å². The van der Waals surface area contributed by atoms with E-state index in [1.807, 2.05) is 0 Å². The highest BCUT2D eigenvalue weighted by Gasteiger charge is 2.02. The van der Waals surface area contributed by atoms with Gasteiger partial charge in [0.15, 0.2) is 0 Å². The van der Waals surface area contributed by atoms with Gasteiger partial charge in [0, 0.05) is 19.7 Å². The maximum absolute atomic E-state index is 9.53. The number of unbranched alkanes of at least 4 members (excludes halogenated alkanes) is 5. The molecule has 102 valence electrons.